The van der Waals surface area contributed by atoms with Crippen LogP contribution >= 0.6 is 24.2 Å². The van der Waals surface area contributed by atoms with E-state index in [9.17, 15) is 0 Å². The van der Waals surface area contributed by atoms with E-state index in [2.05, 4.69) is 12.6 Å². The summed E-state index contributed by atoms with van der Waals surface area (Å²) in [7, 11) is 0. The van der Waals surface area contributed by atoms with E-state index in [4.69, 9.17) is 16.3 Å². The smallest absolute Gasteiger partial charge is 0.138 e. The van der Waals surface area contributed by atoms with Gasteiger partial charge in [-0.1, -0.05) is 17.7 Å². The Bertz CT molecular complexity index is 312. The highest BCUT2D eigenvalue weighted by Crippen LogP contribution is 2.27. The number of halogens is 1. The lowest BCUT2D eigenvalue weighted by Crippen LogP contribution is -2.06. The molecule has 15 heavy (non-hydrogen) atoms. The Morgan fingerprint density at radius 1 is 1.40 bits per heavy atom. The summed E-state index contributed by atoms with van der Waals surface area (Å²) in [6, 6.07) is 5.96. The average molecular weight is 245 g/mol. The van der Waals surface area contributed by atoms with E-state index in [1.54, 1.807) is 0 Å². The molecular weight excluding hydrogens is 228 g/mol. The second-order valence-corrected chi connectivity index (χ2v) is 4.61. The van der Waals surface area contributed by atoms with Crippen molar-refractivity contribution in [2.75, 3.05) is 5.75 Å². The molecule has 0 radical (unpaired) electrons. The summed E-state index contributed by atoms with van der Waals surface area (Å²) < 4.78 is 5.61. The molecule has 0 N–H and O–H groups in total. The summed E-state index contributed by atoms with van der Waals surface area (Å²) in [5.41, 5.74) is 1.25. The van der Waals surface area contributed by atoms with Crippen molar-refractivity contribution in [3.8, 4) is 5.75 Å². The van der Waals surface area contributed by atoms with Gasteiger partial charge < -0.3 is 4.74 Å². The van der Waals surface area contributed by atoms with Gasteiger partial charge in [-0.25, -0.2) is 0 Å². The first kappa shape index (κ1) is 12.7. The van der Waals surface area contributed by atoms with Crippen LogP contribution in [0.25, 0.3) is 0 Å². The first-order valence-corrected chi connectivity index (χ1v) is 6.20. The van der Waals surface area contributed by atoms with Crippen molar-refractivity contribution < 1.29 is 4.74 Å². The number of hydrogen-bond donors (Lipinski definition) is 1. The van der Waals surface area contributed by atoms with E-state index >= 15 is 0 Å². The zero-order chi connectivity index (χ0) is 11.3. The number of aryl methyl sites for hydroxylation is 1. The summed E-state index contributed by atoms with van der Waals surface area (Å²) in [5, 5.41) is 0.679. The number of hydrogen-bond acceptors (Lipinski definition) is 2. The molecule has 0 saturated heterocycles. The van der Waals surface area contributed by atoms with Crippen LogP contribution < -0.4 is 4.74 Å². The molecule has 3 heteroatoms. The largest absolute Gasteiger partial charge is 0.489 e. The van der Waals surface area contributed by atoms with Crippen molar-refractivity contribution in [2.45, 2.75) is 32.8 Å². The summed E-state index contributed by atoms with van der Waals surface area (Å²) in [4.78, 5) is 0. The van der Waals surface area contributed by atoms with Crippen LogP contribution in [-0.2, 0) is 6.42 Å². The molecule has 0 bridgehead atoms. The normalized spacial score (nSPS) is 10.7. The highest BCUT2D eigenvalue weighted by atomic mass is 35.5. The van der Waals surface area contributed by atoms with Gasteiger partial charge in [0.2, 0.25) is 0 Å². The zero-order valence-electron chi connectivity index (χ0n) is 9.16. The highest BCUT2D eigenvalue weighted by Gasteiger charge is 2.05. The summed E-state index contributed by atoms with van der Waals surface area (Å²) in [6.45, 7) is 3.99. The van der Waals surface area contributed by atoms with Gasteiger partial charge in [0.1, 0.15) is 5.75 Å². The number of ether oxygens (including phenoxy) is 1. The first-order chi connectivity index (χ1) is 7.13. The highest BCUT2D eigenvalue weighted by molar-refractivity contribution is 7.80. The van der Waals surface area contributed by atoms with Crippen LogP contribution in [0.4, 0.5) is 0 Å². The van der Waals surface area contributed by atoms with Gasteiger partial charge >= 0.3 is 0 Å². The van der Waals surface area contributed by atoms with Gasteiger partial charge in [0.25, 0.3) is 0 Å². The third-order valence-corrected chi connectivity index (χ3v) is 2.61. The molecule has 0 saturated carbocycles. The second kappa shape index (κ2) is 6.29. The molecule has 0 aliphatic heterocycles. The fourth-order valence-corrected chi connectivity index (χ4v) is 1.65. The van der Waals surface area contributed by atoms with Gasteiger partial charge in [0, 0.05) is 0 Å². The third-order valence-electron chi connectivity index (χ3n) is 1.98. The van der Waals surface area contributed by atoms with E-state index in [1.165, 1.54) is 5.56 Å². The summed E-state index contributed by atoms with van der Waals surface area (Å²) in [5.74, 6) is 1.69. The predicted octanol–water partition coefficient (Wildman–Crippen LogP) is 3.99. The van der Waals surface area contributed by atoms with Gasteiger partial charge in [0.15, 0.2) is 0 Å². The summed E-state index contributed by atoms with van der Waals surface area (Å²) >= 11 is 10.2. The molecule has 0 fully saturated rings. The molecule has 0 atom stereocenters. The van der Waals surface area contributed by atoms with Crippen molar-refractivity contribution in [2.24, 2.45) is 0 Å². The molecular formula is C12H17ClOS. The Hall–Kier alpha value is -0.340. The van der Waals surface area contributed by atoms with Crippen molar-refractivity contribution in [1.29, 1.82) is 0 Å². The maximum Gasteiger partial charge on any atom is 0.138 e. The molecule has 0 amide bonds. The van der Waals surface area contributed by atoms with Crippen LogP contribution in [0.15, 0.2) is 18.2 Å². The number of rotatable bonds is 5. The SMILES string of the molecule is CC(C)Oc1cc(CCCS)ccc1Cl. The number of benzene rings is 1. The van der Waals surface area contributed by atoms with Crippen molar-refractivity contribution in [3.63, 3.8) is 0 Å². The lowest BCUT2D eigenvalue weighted by atomic mass is 10.1. The minimum Gasteiger partial charge on any atom is -0.489 e. The van der Waals surface area contributed by atoms with Crippen LogP contribution in [-0.4, -0.2) is 11.9 Å². The molecule has 0 aromatic heterocycles. The van der Waals surface area contributed by atoms with Crippen LogP contribution in [0.5, 0.6) is 5.75 Å². The lowest BCUT2D eigenvalue weighted by molar-refractivity contribution is 0.242. The summed E-state index contributed by atoms with van der Waals surface area (Å²) in [6.07, 6.45) is 2.25. The van der Waals surface area contributed by atoms with E-state index in [0.29, 0.717) is 5.02 Å². The van der Waals surface area contributed by atoms with Crippen molar-refractivity contribution >= 4 is 24.2 Å². The van der Waals surface area contributed by atoms with E-state index < -0.39 is 0 Å². The van der Waals surface area contributed by atoms with Crippen LogP contribution in [0, 0.1) is 0 Å². The Balaban J connectivity index is 2.75. The fourth-order valence-electron chi connectivity index (χ4n) is 1.33. The molecule has 0 aliphatic carbocycles. The minimum absolute atomic E-state index is 0.155. The lowest BCUT2D eigenvalue weighted by Gasteiger charge is -2.12. The molecule has 84 valence electrons. The molecule has 0 aliphatic rings. The topological polar surface area (TPSA) is 9.23 Å². The predicted molar refractivity (Wildman–Crippen MR) is 69.4 cm³/mol. The second-order valence-electron chi connectivity index (χ2n) is 3.76. The van der Waals surface area contributed by atoms with E-state index in [-0.39, 0.29) is 6.10 Å². The molecule has 0 spiro atoms. The first-order valence-electron chi connectivity index (χ1n) is 5.19. The van der Waals surface area contributed by atoms with Crippen molar-refractivity contribution in [1.82, 2.24) is 0 Å². The third kappa shape index (κ3) is 4.35. The minimum atomic E-state index is 0.155. The zero-order valence-corrected chi connectivity index (χ0v) is 10.8. The van der Waals surface area contributed by atoms with E-state index in [0.717, 1.165) is 24.3 Å². The van der Waals surface area contributed by atoms with Gasteiger partial charge in [0.05, 0.1) is 11.1 Å². The molecule has 1 rings (SSSR count). The van der Waals surface area contributed by atoms with Crippen LogP contribution in [0.3, 0.4) is 0 Å². The fraction of sp³-hybridized carbons (Fsp3) is 0.500. The van der Waals surface area contributed by atoms with Gasteiger partial charge in [-0.15, -0.1) is 0 Å². The maximum absolute atomic E-state index is 6.03. The Morgan fingerprint density at radius 3 is 2.73 bits per heavy atom. The Morgan fingerprint density at radius 2 is 2.13 bits per heavy atom. The van der Waals surface area contributed by atoms with Gasteiger partial charge in [-0.05, 0) is 50.1 Å². The Labute approximate surface area is 102 Å². The van der Waals surface area contributed by atoms with Crippen LogP contribution in [0.2, 0.25) is 5.02 Å². The molecule has 0 unspecified atom stereocenters. The standard InChI is InChI=1S/C12H17ClOS/c1-9(2)14-12-8-10(4-3-7-15)5-6-11(12)13/h5-6,8-9,15H,3-4,7H2,1-2H3. The van der Waals surface area contributed by atoms with E-state index in [1.807, 2.05) is 32.0 Å². The van der Waals surface area contributed by atoms with Gasteiger partial charge in [-0.2, -0.15) is 12.6 Å². The molecule has 1 nitrogen and oxygen atoms in total. The Kier molecular flexibility index (Phi) is 5.34. The number of thiol groups is 1. The van der Waals surface area contributed by atoms with Gasteiger partial charge in [-0.3, -0.25) is 0 Å². The molecule has 0 heterocycles. The molecule has 1 aromatic rings. The maximum atomic E-state index is 6.03. The monoisotopic (exact) mass is 244 g/mol. The van der Waals surface area contributed by atoms with Crippen molar-refractivity contribution in [3.05, 3.63) is 28.8 Å². The molecule has 1 aromatic carbocycles. The van der Waals surface area contributed by atoms with Crippen LogP contribution in [0.1, 0.15) is 25.8 Å². The quantitative estimate of drug-likeness (QED) is 0.771. The average Bonchev–Trinajstić information content (AvgIpc) is 2.18.